The van der Waals surface area contributed by atoms with Gasteiger partial charge in [-0.15, -0.1) is 0 Å². The molecule has 0 radical (unpaired) electrons. The minimum Gasteiger partial charge on any atom is -0.508 e. The van der Waals surface area contributed by atoms with Crippen molar-refractivity contribution in [3.8, 4) is 5.75 Å². The molecular formula is C12H14N2O2. The van der Waals surface area contributed by atoms with Crippen molar-refractivity contribution in [1.82, 2.24) is 0 Å². The van der Waals surface area contributed by atoms with E-state index in [4.69, 9.17) is 11.5 Å². The molecule has 0 amide bonds. The van der Waals surface area contributed by atoms with Crippen LogP contribution in [0.15, 0.2) is 48.3 Å². The largest absolute Gasteiger partial charge is 0.508 e. The van der Waals surface area contributed by atoms with Crippen molar-refractivity contribution in [2.75, 3.05) is 0 Å². The van der Waals surface area contributed by atoms with Gasteiger partial charge in [-0.1, -0.05) is 18.2 Å². The van der Waals surface area contributed by atoms with Gasteiger partial charge in [-0.05, 0) is 29.8 Å². The first kappa shape index (κ1) is 10.7. The average molecular weight is 218 g/mol. The molecule has 0 saturated carbocycles. The van der Waals surface area contributed by atoms with Crippen LogP contribution in [-0.4, -0.2) is 15.9 Å². The molecule has 0 saturated heterocycles. The molecule has 1 atom stereocenters. The first-order chi connectivity index (χ1) is 7.49. The van der Waals surface area contributed by atoms with Gasteiger partial charge in [0.05, 0.1) is 5.66 Å². The summed E-state index contributed by atoms with van der Waals surface area (Å²) in [5.41, 5.74) is 11.6. The Morgan fingerprint density at radius 1 is 1.06 bits per heavy atom. The lowest BCUT2D eigenvalue weighted by atomic mass is 9.83. The summed E-state index contributed by atoms with van der Waals surface area (Å²) in [5, 5.41) is 18.5. The van der Waals surface area contributed by atoms with E-state index in [0.717, 1.165) is 5.56 Å². The highest BCUT2D eigenvalue weighted by molar-refractivity contribution is 5.39. The van der Waals surface area contributed by atoms with Crippen LogP contribution in [-0.2, 0) is 0 Å². The number of aromatic hydroxyl groups is 1. The van der Waals surface area contributed by atoms with Crippen molar-refractivity contribution in [3.05, 3.63) is 53.8 Å². The Kier molecular flexibility index (Phi) is 2.46. The fourth-order valence-electron chi connectivity index (χ4n) is 1.84. The fourth-order valence-corrected chi connectivity index (χ4v) is 1.84. The molecule has 0 spiro atoms. The van der Waals surface area contributed by atoms with Gasteiger partial charge in [0.2, 0.25) is 0 Å². The number of hydrogen-bond donors (Lipinski definition) is 4. The summed E-state index contributed by atoms with van der Waals surface area (Å²) in [5.74, 6) is 0.0469. The second-order valence-electron chi connectivity index (χ2n) is 4.00. The molecular weight excluding hydrogens is 204 g/mol. The normalized spacial score (nSPS) is 22.9. The lowest BCUT2D eigenvalue weighted by molar-refractivity contribution is 0.394. The number of aliphatic hydroxyl groups is 1. The van der Waals surface area contributed by atoms with Crippen LogP contribution in [0.25, 0.3) is 0 Å². The third-order valence-corrected chi connectivity index (χ3v) is 2.65. The maximum atomic E-state index is 9.33. The molecule has 84 valence electrons. The Bertz CT molecular complexity index is 447. The van der Waals surface area contributed by atoms with Gasteiger partial charge >= 0.3 is 0 Å². The highest BCUT2D eigenvalue weighted by atomic mass is 16.3. The first-order valence-corrected chi connectivity index (χ1v) is 4.96. The van der Waals surface area contributed by atoms with Crippen molar-refractivity contribution in [3.63, 3.8) is 0 Å². The van der Waals surface area contributed by atoms with E-state index in [9.17, 15) is 10.2 Å². The number of aliphatic hydroxyl groups excluding tert-OH is 1. The van der Waals surface area contributed by atoms with Crippen molar-refractivity contribution < 1.29 is 10.2 Å². The first-order valence-electron chi connectivity index (χ1n) is 4.96. The maximum Gasteiger partial charge on any atom is 0.115 e. The number of nitrogens with two attached hydrogens (primary N) is 2. The molecule has 1 aliphatic carbocycles. The number of allylic oxidation sites excluding steroid dienone is 1. The molecule has 0 fully saturated rings. The molecule has 0 aliphatic heterocycles. The Morgan fingerprint density at radius 3 is 2.25 bits per heavy atom. The van der Waals surface area contributed by atoms with Gasteiger partial charge < -0.3 is 21.7 Å². The van der Waals surface area contributed by atoms with Gasteiger partial charge in [0.25, 0.3) is 0 Å². The van der Waals surface area contributed by atoms with Gasteiger partial charge in [0.15, 0.2) is 0 Å². The number of benzene rings is 1. The molecule has 0 heterocycles. The molecule has 1 aromatic carbocycles. The van der Waals surface area contributed by atoms with E-state index in [1.54, 1.807) is 36.4 Å². The van der Waals surface area contributed by atoms with E-state index in [2.05, 4.69) is 0 Å². The van der Waals surface area contributed by atoms with Crippen molar-refractivity contribution in [2.24, 2.45) is 11.5 Å². The van der Waals surface area contributed by atoms with Crippen LogP contribution >= 0.6 is 0 Å². The highest BCUT2D eigenvalue weighted by Crippen LogP contribution is 2.30. The molecule has 1 aromatic rings. The molecule has 0 bridgehead atoms. The van der Waals surface area contributed by atoms with Gasteiger partial charge in [0, 0.05) is 5.92 Å². The van der Waals surface area contributed by atoms with Crippen LogP contribution < -0.4 is 11.5 Å². The molecule has 1 unspecified atom stereocenters. The average Bonchev–Trinajstić information content (AvgIpc) is 2.18. The third-order valence-electron chi connectivity index (χ3n) is 2.65. The molecule has 2 rings (SSSR count). The van der Waals surface area contributed by atoms with Crippen LogP contribution in [0.5, 0.6) is 5.75 Å². The molecule has 1 aliphatic rings. The van der Waals surface area contributed by atoms with Gasteiger partial charge in [-0.25, -0.2) is 0 Å². The minimum atomic E-state index is -1.12. The fraction of sp³-hybridized carbons (Fsp3) is 0.167. The maximum absolute atomic E-state index is 9.33. The summed E-state index contributed by atoms with van der Waals surface area (Å²) in [6.07, 6.45) is 4.74. The van der Waals surface area contributed by atoms with Crippen LogP contribution in [0, 0.1) is 0 Å². The Morgan fingerprint density at radius 2 is 1.69 bits per heavy atom. The van der Waals surface area contributed by atoms with Crippen LogP contribution in [0.3, 0.4) is 0 Å². The minimum absolute atomic E-state index is 0.0695. The molecule has 4 nitrogen and oxygen atoms in total. The van der Waals surface area contributed by atoms with E-state index in [-0.39, 0.29) is 17.4 Å². The lowest BCUT2D eigenvalue weighted by Gasteiger charge is -2.31. The van der Waals surface area contributed by atoms with Crippen molar-refractivity contribution >= 4 is 0 Å². The van der Waals surface area contributed by atoms with Gasteiger partial charge in [0.1, 0.15) is 11.5 Å². The zero-order chi connectivity index (χ0) is 11.8. The van der Waals surface area contributed by atoms with Crippen molar-refractivity contribution in [2.45, 2.75) is 11.6 Å². The SMILES string of the molecule is NC1(N)C=C(O)C=CC1c1ccc(O)cc1. The molecule has 6 N–H and O–H groups in total. The Hall–Kier alpha value is -1.78. The lowest BCUT2D eigenvalue weighted by Crippen LogP contribution is -2.53. The van der Waals surface area contributed by atoms with E-state index < -0.39 is 5.66 Å². The summed E-state index contributed by atoms with van der Waals surface area (Å²) >= 11 is 0. The summed E-state index contributed by atoms with van der Waals surface area (Å²) in [7, 11) is 0. The van der Waals surface area contributed by atoms with E-state index in [1.807, 2.05) is 0 Å². The van der Waals surface area contributed by atoms with Crippen molar-refractivity contribution in [1.29, 1.82) is 0 Å². The van der Waals surface area contributed by atoms with Gasteiger partial charge in [-0.3, -0.25) is 0 Å². The summed E-state index contributed by atoms with van der Waals surface area (Å²) < 4.78 is 0. The predicted molar refractivity (Wildman–Crippen MR) is 61.8 cm³/mol. The molecule has 0 aromatic heterocycles. The van der Waals surface area contributed by atoms with Crippen LogP contribution in [0.4, 0.5) is 0 Å². The third kappa shape index (κ3) is 1.93. The smallest absolute Gasteiger partial charge is 0.115 e. The van der Waals surface area contributed by atoms with Crippen LogP contribution in [0.2, 0.25) is 0 Å². The second kappa shape index (κ2) is 3.66. The zero-order valence-electron chi connectivity index (χ0n) is 8.67. The standard InChI is InChI=1S/C12H14N2O2/c13-12(14)7-10(16)5-6-11(12)8-1-3-9(15)4-2-8/h1-7,11,15-16H,13-14H2. The summed E-state index contributed by atoms with van der Waals surface area (Å²) in [4.78, 5) is 0. The summed E-state index contributed by atoms with van der Waals surface area (Å²) in [6, 6.07) is 6.68. The number of hydrogen-bond acceptors (Lipinski definition) is 4. The van der Waals surface area contributed by atoms with E-state index in [1.165, 1.54) is 6.08 Å². The quantitative estimate of drug-likeness (QED) is 0.531. The van der Waals surface area contributed by atoms with Gasteiger partial charge in [-0.2, -0.15) is 0 Å². The topological polar surface area (TPSA) is 92.5 Å². The molecule has 16 heavy (non-hydrogen) atoms. The second-order valence-corrected chi connectivity index (χ2v) is 4.00. The molecule has 4 heteroatoms. The number of phenolic OH excluding ortho intramolecular Hbond substituents is 1. The summed E-state index contributed by atoms with van der Waals surface area (Å²) in [6.45, 7) is 0. The van der Waals surface area contributed by atoms with Crippen LogP contribution in [0.1, 0.15) is 11.5 Å². The Balaban J connectivity index is 2.36. The monoisotopic (exact) mass is 218 g/mol. The predicted octanol–water partition coefficient (Wildman–Crippen LogP) is 1.10. The van der Waals surface area contributed by atoms with E-state index >= 15 is 0 Å². The Labute approximate surface area is 93.5 Å². The highest BCUT2D eigenvalue weighted by Gasteiger charge is 2.31. The zero-order valence-corrected chi connectivity index (χ0v) is 8.67. The number of phenols is 1. The number of rotatable bonds is 1. The van der Waals surface area contributed by atoms with E-state index in [0.29, 0.717) is 0 Å².